The Morgan fingerprint density at radius 2 is 1.87 bits per heavy atom. The van der Waals surface area contributed by atoms with Crippen molar-refractivity contribution in [2.24, 2.45) is 11.8 Å². The van der Waals surface area contributed by atoms with Crippen molar-refractivity contribution in [2.75, 3.05) is 11.1 Å². The Morgan fingerprint density at radius 3 is 2.40 bits per heavy atom. The summed E-state index contributed by atoms with van der Waals surface area (Å²) in [5.74, 6) is 3.32. The Morgan fingerprint density at radius 1 is 1.20 bits per heavy atom. The predicted molar refractivity (Wildman–Crippen MR) is 61.5 cm³/mol. The van der Waals surface area contributed by atoms with Crippen LogP contribution in [0.5, 0.6) is 0 Å². The highest BCUT2D eigenvalue weighted by molar-refractivity contribution is 5.43. The van der Waals surface area contributed by atoms with Gasteiger partial charge in [-0.2, -0.15) is 0 Å². The molecule has 0 aromatic carbocycles. The second-order valence-electron chi connectivity index (χ2n) is 4.79. The van der Waals surface area contributed by atoms with Crippen molar-refractivity contribution in [3.63, 3.8) is 0 Å². The highest BCUT2D eigenvalue weighted by Crippen LogP contribution is 2.45. The summed E-state index contributed by atoms with van der Waals surface area (Å²) in [6.07, 6.45) is 5.54. The van der Waals surface area contributed by atoms with Gasteiger partial charge in [-0.1, -0.05) is 6.07 Å². The van der Waals surface area contributed by atoms with E-state index < -0.39 is 0 Å². The number of pyridine rings is 1. The lowest BCUT2D eigenvalue weighted by Crippen LogP contribution is -2.24. The van der Waals surface area contributed by atoms with Crippen LogP contribution >= 0.6 is 0 Å². The Labute approximate surface area is 90.1 Å². The number of aromatic nitrogens is 1. The lowest BCUT2D eigenvalue weighted by Gasteiger charge is -2.18. The van der Waals surface area contributed by atoms with Gasteiger partial charge in [-0.05, 0) is 49.7 Å². The molecule has 1 aromatic heterocycles. The third kappa shape index (κ3) is 2.06. The van der Waals surface area contributed by atoms with Gasteiger partial charge in [0.05, 0.1) is 0 Å². The highest BCUT2D eigenvalue weighted by Gasteiger charge is 2.41. The maximum absolute atomic E-state index is 5.67. The fraction of sp³-hybridized carbons (Fsp3) is 0.583. The molecule has 3 rings (SSSR count). The maximum atomic E-state index is 5.67. The summed E-state index contributed by atoms with van der Waals surface area (Å²) in [4.78, 5) is 4.30. The molecule has 3 N–H and O–H groups in total. The minimum absolute atomic E-state index is 0.602. The molecule has 2 aliphatic carbocycles. The first-order valence-corrected chi connectivity index (χ1v) is 5.82. The van der Waals surface area contributed by atoms with Crippen molar-refractivity contribution in [2.45, 2.75) is 31.7 Å². The first-order chi connectivity index (χ1) is 7.33. The molecule has 3 nitrogen and oxygen atoms in total. The van der Waals surface area contributed by atoms with E-state index in [-0.39, 0.29) is 0 Å². The van der Waals surface area contributed by atoms with Gasteiger partial charge in [0.1, 0.15) is 11.6 Å². The van der Waals surface area contributed by atoms with Gasteiger partial charge in [-0.25, -0.2) is 4.98 Å². The number of nitrogen functional groups attached to an aromatic ring is 1. The summed E-state index contributed by atoms with van der Waals surface area (Å²) in [6.45, 7) is 0. The van der Waals surface area contributed by atoms with E-state index in [1.54, 1.807) is 0 Å². The first-order valence-electron chi connectivity index (χ1n) is 5.82. The average molecular weight is 203 g/mol. The Kier molecular flexibility index (Phi) is 2.04. The minimum Gasteiger partial charge on any atom is -0.384 e. The van der Waals surface area contributed by atoms with Gasteiger partial charge in [0, 0.05) is 6.04 Å². The molecule has 2 fully saturated rings. The molecule has 15 heavy (non-hydrogen) atoms. The number of nitrogens with two attached hydrogens (primary N) is 1. The van der Waals surface area contributed by atoms with E-state index in [1.165, 1.54) is 25.7 Å². The molecule has 2 saturated carbocycles. The van der Waals surface area contributed by atoms with Crippen LogP contribution in [0.25, 0.3) is 0 Å². The zero-order valence-electron chi connectivity index (χ0n) is 8.82. The van der Waals surface area contributed by atoms with Crippen LogP contribution in [0.3, 0.4) is 0 Å². The highest BCUT2D eigenvalue weighted by atomic mass is 15.1. The van der Waals surface area contributed by atoms with Crippen LogP contribution in [0.1, 0.15) is 25.7 Å². The van der Waals surface area contributed by atoms with Crippen molar-refractivity contribution < 1.29 is 0 Å². The van der Waals surface area contributed by atoms with E-state index in [4.69, 9.17) is 5.73 Å². The smallest absolute Gasteiger partial charge is 0.128 e. The molecular weight excluding hydrogens is 186 g/mol. The molecule has 0 bridgehead atoms. The Bertz CT molecular complexity index is 344. The van der Waals surface area contributed by atoms with E-state index in [2.05, 4.69) is 10.3 Å². The maximum Gasteiger partial charge on any atom is 0.128 e. The van der Waals surface area contributed by atoms with E-state index in [0.29, 0.717) is 11.9 Å². The molecule has 1 heterocycles. The van der Waals surface area contributed by atoms with Gasteiger partial charge in [0.15, 0.2) is 0 Å². The average Bonchev–Trinajstić information content (AvgIpc) is 3.07. The largest absolute Gasteiger partial charge is 0.384 e. The van der Waals surface area contributed by atoms with Gasteiger partial charge in [-0.15, -0.1) is 0 Å². The summed E-state index contributed by atoms with van der Waals surface area (Å²) in [6, 6.07) is 6.45. The number of hydrogen-bond acceptors (Lipinski definition) is 3. The number of nitrogens with one attached hydrogen (secondary N) is 1. The fourth-order valence-corrected chi connectivity index (χ4v) is 2.23. The second kappa shape index (κ2) is 3.40. The molecule has 0 spiro atoms. The summed E-state index contributed by atoms with van der Waals surface area (Å²) in [5, 5.41) is 3.55. The topological polar surface area (TPSA) is 50.9 Å². The molecule has 0 unspecified atom stereocenters. The molecular formula is C12H17N3. The zero-order valence-corrected chi connectivity index (χ0v) is 8.82. The van der Waals surface area contributed by atoms with E-state index in [0.717, 1.165) is 17.7 Å². The van der Waals surface area contributed by atoms with Crippen LogP contribution in [-0.2, 0) is 0 Å². The molecule has 80 valence electrons. The van der Waals surface area contributed by atoms with Crippen molar-refractivity contribution in [3.05, 3.63) is 18.2 Å². The van der Waals surface area contributed by atoms with Gasteiger partial charge in [-0.3, -0.25) is 0 Å². The van der Waals surface area contributed by atoms with Crippen molar-refractivity contribution in [1.82, 2.24) is 4.98 Å². The fourth-order valence-electron chi connectivity index (χ4n) is 2.23. The quantitative estimate of drug-likeness (QED) is 0.789. The molecule has 1 aromatic rings. The molecule has 0 amide bonds. The summed E-state index contributed by atoms with van der Waals surface area (Å²) in [7, 11) is 0. The number of anilines is 2. The molecule has 0 radical (unpaired) electrons. The van der Waals surface area contributed by atoms with Crippen LogP contribution in [0.4, 0.5) is 11.6 Å². The van der Waals surface area contributed by atoms with Crippen LogP contribution in [0.2, 0.25) is 0 Å². The summed E-state index contributed by atoms with van der Waals surface area (Å²) >= 11 is 0. The lowest BCUT2D eigenvalue weighted by atomic mass is 10.1. The Hall–Kier alpha value is -1.25. The SMILES string of the molecule is Nc1cccc(NC(C2CC2)C2CC2)n1. The van der Waals surface area contributed by atoms with Gasteiger partial charge in [0.25, 0.3) is 0 Å². The van der Waals surface area contributed by atoms with Crippen LogP contribution in [-0.4, -0.2) is 11.0 Å². The van der Waals surface area contributed by atoms with Gasteiger partial charge in [0.2, 0.25) is 0 Å². The standard InChI is InChI=1S/C12H17N3/c13-10-2-1-3-11(14-10)15-12(8-4-5-8)9-6-7-9/h1-3,8-9,12H,4-7H2,(H3,13,14,15). The number of rotatable bonds is 4. The third-order valence-corrected chi connectivity index (χ3v) is 3.34. The van der Waals surface area contributed by atoms with Crippen LogP contribution in [0, 0.1) is 11.8 Å². The molecule has 0 atom stereocenters. The number of nitrogens with zero attached hydrogens (tertiary/aromatic N) is 1. The molecule has 2 aliphatic rings. The van der Waals surface area contributed by atoms with Crippen LogP contribution in [0.15, 0.2) is 18.2 Å². The molecule has 0 saturated heterocycles. The lowest BCUT2D eigenvalue weighted by molar-refractivity contribution is 0.566. The van der Waals surface area contributed by atoms with Gasteiger partial charge >= 0.3 is 0 Å². The minimum atomic E-state index is 0.602. The Balaban J connectivity index is 1.71. The normalized spacial score (nSPS) is 20.6. The summed E-state index contributed by atoms with van der Waals surface area (Å²) in [5.41, 5.74) is 5.67. The first kappa shape index (κ1) is 9.01. The van der Waals surface area contributed by atoms with Crippen molar-refractivity contribution in [3.8, 4) is 0 Å². The van der Waals surface area contributed by atoms with Gasteiger partial charge < -0.3 is 11.1 Å². The summed E-state index contributed by atoms with van der Waals surface area (Å²) < 4.78 is 0. The predicted octanol–water partition coefficient (Wildman–Crippen LogP) is 2.26. The van der Waals surface area contributed by atoms with Crippen molar-refractivity contribution in [1.29, 1.82) is 0 Å². The second-order valence-corrected chi connectivity index (χ2v) is 4.79. The van der Waals surface area contributed by atoms with Crippen molar-refractivity contribution >= 4 is 11.6 Å². The zero-order chi connectivity index (χ0) is 10.3. The van der Waals surface area contributed by atoms with Crippen LogP contribution < -0.4 is 11.1 Å². The molecule has 3 heteroatoms. The van der Waals surface area contributed by atoms with E-state index >= 15 is 0 Å². The number of hydrogen-bond donors (Lipinski definition) is 2. The van der Waals surface area contributed by atoms with E-state index in [1.807, 2.05) is 18.2 Å². The van der Waals surface area contributed by atoms with E-state index in [9.17, 15) is 0 Å². The third-order valence-electron chi connectivity index (χ3n) is 3.34. The monoisotopic (exact) mass is 203 g/mol. The molecule has 0 aliphatic heterocycles.